The Morgan fingerprint density at radius 1 is 1.29 bits per heavy atom. The van der Waals surface area contributed by atoms with Crippen molar-refractivity contribution in [1.29, 1.82) is 0 Å². The minimum atomic E-state index is -3.26. The van der Waals surface area contributed by atoms with Crippen LogP contribution < -0.4 is 10.0 Å². The lowest BCUT2D eigenvalue weighted by Crippen LogP contribution is -2.41. The Kier molecular flexibility index (Phi) is 3.69. The molecule has 2 N–H and O–H groups in total. The van der Waals surface area contributed by atoms with Crippen LogP contribution in [0.3, 0.4) is 0 Å². The van der Waals surface area contributed by atoms with E-state index in [-0.39, 0.29) is 5.25 Å². The van der Waals surface area contributed by atoms with E-state index >= 15 is 0 Å². The molecule has 1 unspecified atom stereocenters. The third kappa shape index (κ3) is 3.20. The topological polar surface area (TPSA) is 58.2 Å². The Morgan fingerprint density at radius 2 is 2.00 bits per heavy atom. The second-order valence-corrected chi connectivity index (χ2v) is 6.44. The summed E-state index contributed by atoms with van der Waals surface area (Å²) in [6.45, 7) is 3.43. The van der Waals surface area contributed by atoms with Gasteiger partial charge in [0.1, 0.15) is 0 Å². The summed E-state index contributed by atoms with van der Waals surface area (Å²) in [5.41, 5.74) is 1.76. The van der Waals surface area contributed by atoms with Crippen molar-refractivity contribution in [3.8, 4) is 0 Å². The van der Waals surface area contributed by atoms with Gasteiger partial charge in [-0.15, -0.1) is 0 Å². The summed E-state index contributed by atoms with van der Waals surface area (Å²) in [4.78, 5) is 0. The van der Waals surface area contributed by atoms with Crippen molar-refractivity contribution >= 4 is 15.7 Å². The van der Waals surface area contributed by atoms with Gasteiger partial charge in [-0.2, -0.15) is 0 Å². The van der Waals surface area contributed by atoms with Crippen LogP contribution in [-0.2, 0) is 10.0 Å². The molecule has 17 heavy (non-hydrogen) atoms. The molecule has 1 atom stereocenters. The van der Waals surface area contributed by atoms with Gasteiger partial charge in [0.15, 0.2) is 0 Å². The van der Waals surface area contributed by atoms with Crippen molar-refractivity contribution in [2.75, 3.05) is 17.8 Å². The normalized spacial score (nSPS) is 21.1. The number of hydrogen-bond acceptors (Lipinski definition) is 3. The maximum Gasteiger partial charge on any atom is 0.236 e. The fourth-order valence-electron chi connectivity index (χ4n) is 1.95. The molecule has 0 amide bonds. The molecule has 0 aromatic heterocycles. The molecule has 2 rings (SSSR count). The Bertz CT molecular complexity index is 462. The Hall–Kier alpha value is -1.07. The quantitative estimate of drug-likeness (QED) is 0.859. The molecule has 0 saturated carbocycles. The maximum atomic E-state index is 12.1. The van der Waals surface area contributed by atoms with Gasteiger partial charge in [-0.3, -0.25) is 4.72 Å². The average molecular weight is 254 g/mol. The van der Waals surface area contributed by atoms with Gasteiger partial charge in [-0.25, -0.2) is 8.42 Å². The number of hydrogen-bond donors (Lipinski definition) is 2. The van der Waals surface area contributed by atoms with Gasteiger partial charge in [-0.1, -0.05) is 17.7 Å². The highest BCUT2D eigenvalue weighted by molar-refractivity contribution is 7.93. The van der Waals surface area contributed by atoms with Crippen LogP contribution in [-0.4, -0.2) is 26.8 Å². The second-order valence-electron chi connectivity index (χ2n) is 4.48. The van der Waals surface area contributed by atoms with Crippen molar-refractivity contribution in [3.63, 3.8) is 0 Å². The SMILES string of the molecule is Cc1ccc(NS(=O)(=O)C2CCCNC2)cc1. The highest BCUT2D eigenvalue weighted by Crippen LogP contribution is 2.16. The fraction of sp³-hybridized carbons (Fsp3) is 0.500. The van der Waals surface area contributed by atoms with Crippen LogP contribution in [0.15, 0.2) is 24.3 Å². The zero-order chi connectivity index (χ0) is 12.3. The second kappa shape index (κ2) is 5.06. The Labute approximate surface area is 102 Å². The van der Waals surface area contributed by atoms with Crippen LogP contribution in [0.4, 0.5) is 5.69 Å². The van der Waals surface area contributed by atoms with E-state index in [0.29, 0.717) is 12.2 Å². The Balaban J connectivity index is 2.08. The summed E-state index contributed by atoms with van der Waals surface area (Å²) >= 11 is 0. The first-order valence-electron chi connectivity index (χ1n) is 5.87. The van der Waals surface area contributed by atoms with Gasteiger partial charge in [0.25, 0.3) is 0 Å². The summed E-state index contributed by atoms with van der Waals surface area (Å²) in [7, 11) is -3.26. The number of rotatable bonds is 3. The van der Waals surface area contributed by atoms with Crippen LogP contribution >= 0.6 is 0 Å². The first-order chi connectivity index (χ1) is 8.08. The number of nitrogens with one attached hydrogen (secondary N) is 2. The number of aryl methyl sites for hydroxylation is 1. The van der Waals surface area contributed by atoms with Crippen LogP contribution in [0.1, 0.15) is 18.4 Å². The van der Waals surface area contributed by atoms with Crippen LogP contribution in [0.2, 0.25) is 0 Å². The minimum absolute atomic E-state index is 0.322. The van der Waals surface area contributed by atoms with Crippen molar-refractivity contribution in [2.24, 2.45) is 0 Å². The van der Waals surface area contributed by atoms with E-state index in [1.807, 2.05) is 19.1 Å². The lowest BCUT2D eigenvalue weighted by Gasteiger charge is -2.23. The minimum Gasteiger partial charge on any atom is -0.315 e. The molecule has 1 fully saturated rings. The highest BCUT2D eigenvalue weighted by Gasteiger charge is 2.26. The lowest BCUT2D eigenvalue weighted by molar-refractivity contribution is 0.499. The van der Waals surface area contributed by atoms with Gasteiger partial charge in [0, 0.05) is 12.2 Å². The first kappa shape index (κ1) is 12.4. The molecule has 1 heterocycles. The molecule has 0 spiro atoms. The monoisotopic (exact) mass is 254 g/mol. The molecule has 4 nitrogen and oxygen atoms in total. The van der Waals surface area contributed by atoms with Gasteiger partial charge >= 0.3 is 0 Å². The predicted molar refractivity (Wildman–Crippen MR) is 69.6 cm³/mol. The average Bonchev–Trinajstić information content (AvgIpc) is 2.33. The molecule has 0 bridgehead atoms. The number of sulfonamides is 1. The highest BCUT2D eigenvalue weighted by atomic mass is 32.2. The van der Waals surface area contributed by atoms with Crippen molar-refractivity contribution in [2.45, 2.75) is 25.0 Å². The van der Waals surface area contributed by atoms with Crippen molar-refractivity contribution in [1.82, 2.24) is 5.32 Å². The molecule has 0 radical (unpaired) electrons. The summed E-state index contributed by atoms with van der Waals surface area (Å²) in [6, 6.07) is 7.39. The molecule has 0 aliphatic carbocycles. The molecular weight excluding hydrogens is 236 g/mol. The standard InChI is InChI=1S/C12H18N2O2S/c1-10-4-6-11(7-5-10)14-17(15,16)12-3-2-8-13-9-12/h4-7,12-14H,2-3,8-9H2,1H3. The molecular formula is C12H18N2O2S. The molecule has 1 aliphatic rings. The summed E-state index contributed by atoms with van der Waals surface area (Å²) < 4.78 is 26.8. The third-order valence-electron chi connectivity index (χ3n) is 3.00. The smallest absolute Gasteiger partial charge is 0.236 e. The summed E-state index contributed by atoms with van der Waals surface area (Å²) in [5, 5.41) is 2.79. The third-order valence-corrected chi connectivity index (χ3v) is 4.80. The van der Waals surface area contributed by atoms with E-state index < -0.39 is 10.0 Å². The molecule has 1 aliphatic heterocycles. The zero-order valence-electron chi connectivity index (χ0n) is 9.94. The number of piperidine rings is 1. The van der Waals surface area contributed by atoms with Crippen molar-refractivity contribution < 1.29 is 8.42 Å². The molecule has 1 saturated heterocycles. The molecule has 94 valence electrons. The summed E-state index contributed by atoms with van der Waals surface area (Å²) in [6.07, 6.45) is 1.65. The van der Waals surface area contributed by atoms with E-state index in [1.165, 1.54) is 0 Å². The van der Waals surface area contributed by atoms with Crippen LogP contribution in [0, 0.1) is 6.92 Å². The zero-order valence-corrected chi connectivity index (χ0v) is 10.8. The van der Waals surface area contributed by atoms with Crippen molar-refractivity contribution in [3.05, 3.63) is 29.8 Å². The largest absolute Gasteiger partial charge is 0.315 e. The van der Waals surface area contributed by atoms with Gasteiger partial charge < -0.3 is 5.32 Å². The fourth-order valence-corrected chi connectivity index (χ4v) is 3.40. The lowest BCUT2D eigenvalue weighted by atomic mass is 10.2. The molecule has 5 heteroatoms. The van der Waals surface area contributed by atoms with E-state index in [1.54, 1.807) is 12.1 Å². The predicted octanol–water partition coefficient (Wildman–Crippen LogP) is 1.49. The first-order valence-corrected chi connectivity index (χ1v) is 7.41. The molecule has 1 aromatic carbocycles. The van der Waals surface area contributed by atoms with Crippen LogP contribution in [0.5, 0.6) is 0 Å². The van der Waals surface area contributed by atoms with Gasteiger partial charge in [0.2, 0.25) is 10.0 Å². The summed E-state index contributed by atoms with van der Waals surface area (Å²) in [5.74, 6) is 0. The van der Waals surface area contributed by atoms with Crippen LogP contribution in [0.25, 0.3) is 0 Å². The number of benzene rings is 1. The van der Waals surface area contributed by atoms with Gasteiger partial charge in [-0.05, 0) is 38.4 Å². The number of anilines is 1. The Morgan fingerprint density at radius 3 is 2.59 bits per heavy atom. The molecule has 1 aromatic rings. The van der Waals surface area contributed by atoms with E-state index in [9.17, 15) is 8.42 Å². The van der Waals surface area contributed by atoms with E-state index in [4.69, 9.17) is 0 Å². The van der Waals surface area contributed by atoms with E-state index in [0.717, 1.165) is 24.9 Å². The van der Waals surface area contributed by atoms with Gasteiger partial charge in [0.05, 0.1) is 5.25 Å². The maximum absolute atomic E-state index is 12.1. The van der Waals surface area contributed by atoms with E-state index in [2.05, 4.69) is 10.0 Å².